The largest absolute Gasteiger partial charge is 0.474 e. The molecule has 138 valence electrons. The molecule has 0 aromatic heterocycles. The topological polar surface area (TPSA) is 84.7 Å². The van der Waals surface area contributed by atoms with Crippen molar-refractivity contribution in [3.05, 3.63) is 33.3 Å². The van der Waals surface area contributed by atoms with E-state index >= 15 is 0 Å². The second kappa shape index (κ2) is 9.01. The minimum Gasteiger partial charge on any atom is -0.474 e. The molecule has 1 aliphatic rings. The first kappa shape index (κ1) is 19.5. The normalized spacial score (nSPS) is 16.5. The van der Waals surface area contributed by atoms with Gasteiger partial charge >= 0.3 is 5.69 Å². The van der Waals surface area contributed by atoms with E-state index in [4.69, 9.17) is 16.3 Å². The van der Waals surface area contributed by atoms with Crippen LogP contribution in [0.4, 0.5) is 5.69 Å². The molecule has 1 unspecified atom stereocenters. The number of halogens is 1. The van der Waals surface area contributed by atoms with Gasteiger partial charge in [0.15, 0.2) is 11.9 Å². The third-order valence-corrected chi connectivity index (χ3v) is 4.61. The first-order valence-electron chi connectivity index (χ1n) is 8.52. The zero-order valence-corrected chi connectivity index (χ0v) is 15.3. The van der Waals surface area contributed by atoms with Gasteiger partial charge in [0.2, 0.25) is 0 Å². The van der Waals surface area contributed by atoms with Crippen LogP contribution in [0.1, 0.15) is 26.7 Å². The minimum atomic E-state index is -0.787. The van der Waals surface area contributed by atoms with Gasteiger partial charge in [0, 0.05) is 24.2 Å². The molecule has 0 bridgehead atoms. The Kier molecular flexibility index (Phi) is 7.01. The molecular formula is C17H24ClN3O4. The highest BCUT2D eigenvalue weighted by atomic mass is 35.5. The molecule has 25 heavy (non-hydrogen) atoms. The van der Waals surface area contributed by atoms with Crippen molar-refractivity contribution in [2.75, 3.05) is 26.2 Å². The van der Waals surface area contributed by atoms with Crippen LogP contribution in [0.2, 0.25) is 5.02 Å². The quantitative estimate of drug-likeness (QED) is 0.590. The maximum atomic E-state index is 12.6. The van der Waals surface area contributed by atoms with Crippen LogP contribution in [-0.4, -0.2) is 48.0 Å². The van der Waals surface area contributed by atoms with Crippen molar-refractivity contribution in [2.45, 2.75) is 32.8 Å². The zero-order valence-electron chi connectivity index (χ0n) is 14.5. The summed E-state index contributed by atoms with van der Waals surface area (Å²) in [5, 5.41) is 14.7. The molecular weight excluding hydrogens is 346 g/mol. The molecule has 1 aromatic rings. The summed E-state index contributed by atoms with van der Waals surface area (Å²) in [6.45, 7) is 6.99. The van der Waals surface area contributed by atoms with E-state index in [2.05, 4.69) is 12.2 Å². The molecule has 1 aliphatic heterocycles. The highest BCUT2D eigenvalue weighted by molar-refractivity contribution is 6.30. The fourth-order valence-electron chi connectivity index (χ4n) is 2.94. The van der Waals surface area contributed by atoms with Crippen molar-refractivity contribution < 1.29 is 14.5 Å². The van der Waals surface area contributed by atoms with Crippen molar-refractivity contribution in [1.29, 1.82) is 0 Å². The summed E-state index contributed by atoms with van der Waals surface area (Å²) in [7, 11) is 0. The van der Waals surface area contributed by atoms with Gasteiger partial charge in [0.05, 0.1) is 4.92 Å². The smallest absolute Gasteiger partial charge is 0.312 e. The maximum Gasteiger partial charge on any atom is 0.312 e. The van der Waals surface area contributed by atoms with Gasteiger partial charge in [-0.15, -0.1) is 0 Å². The molecule has 1 amide bonds. The average molecular weight is 370 g/mol. The molecule has 0 aliphatic carbocycles. The van der Waals surface area contributed by atoms with Gasteiger partial charge in [-0.1, -0.05) is 18.5 Å². The average Bonchev–Trinajstić information content (AvgIpc) is 2.61. The summed E-state index contributed by atoms with van der Waals surface area (Å²) in [6, 6.07) is 4.15. The van der Waals surface area contributed by atoms with Gasteiger partial charge in [-0.2, -0.15) is 0 Å². The number of likely N-dealkylation sites (tertiary alicyclic amines) is 1. The van der Waals surface area contributed by atoms with Crippen LogP contribution in [-0.2, 0) is 4.79 Å². The fraction of sp³-hybridized carbons (Fsp3) is 0.588. The number of benzene rings is 1. The number of carbonyl (C=O) groups is 1. The lowest BCUT2D eigenvalue weighted by molar-refractivity contribution is -0.386. The van der Waals surface area contributed by atoms with Gasteiger partial charge < -0.3 is 15.0 Å². The molecule has 2 rings (SSSR count). The summed E-state index contributed by atoms with van der Waals surface area (Å²) in [5.74, 6) is 0.487. The maximum absolute atomic E-state index is 12.6. The van der Waals surface area contributed by atoms with E-state index in [1.54, 1.807) is 11.8 Å². The van der Waals surface area contributed by atoms with Crippen molar-refractivity contribution in [1.82, 2.24) is 10.2 Å². The second-order valence-corrected chi connectivity index (χ2v) is 6.64. The van der Waals surface area contributed by atoms with Crippen molar-refractivity contribution in [3.63, 3.8) is 0 Å². The van der Waals surface area contributed by atoms with Gasteiger partial charge in [0.25, 0.3) is 5.91 Å². The molecule has 1 aromatic carbocycles. The molecule has 7 nitrogen and oxygen atoms in total. The van der Waals surface area contributed by atoms with Gasteiger partial charge in [-0.25, -0.2) is 0 Å². The van der Waals surface area contributed by atoms with E-state index in [1.165, 1.54) is 18.2 Å². The van der Waals surface area contributed by atoms with Crippen LogP contribution in [0.5, 0.6) is 5.75 Å². The van der Waals surface area contributed by atoms with Crippen LogP contribution >= 0.6 is 11.6 Å². The van der Waals surface area contributed by atoms with Gasteiger partial charge in [-0.3, -0.25) is 14.9 Å². The lowest BCUT2D eigenvalue weighted by atomic mass is 9.96. The number of nitro benzene ring substituents is 1. The zero-order chi connectivity index (χ0) is 18.4. The Balaban J connectivity index is 1.94. The Hall–Kier alpha value is -1.86. The number of hydrogen-bond donors (Lipinski definition) is 1. The Labute approximate surface area is 152 Å². The third-order valence-electron chi connectivity index (χ3n) is 4.38. The Morgan fingerprint density at radius 1 is 1.48 bits per heavy atom. The van der Waals surface area contributed by atoms with Crippen LogP contribution in [0, 0.1) is 16.0 Å². The first-order chi connectivity index (χ1) is 11.9. The summed E-state index contributed by atoms with van der Waals surface area (Å²) < 4.78 is 5.56. The summed E-state index contributed by atoms with van der Waals surface area (Å²) in [4.78, 5) is 24.9. The number of amides is 1. The van der Waals surface area contributed by atoms with Gasteiger partial charge in [-0.05, 0) is 50.9 Å². The first-order valence-corrected chi connectivity index (χ1v) is 8.90. The summed E-state index contributed by atoms with van der Waals surface area (Å²) >= 11 is 5.79. The lowest BCUT2D eigenvalue weighted by Crippen LogP contribution is -2.46. The van der Waals surface area contributed by atoms with E-state index in [9.17, 15) is 14.9 Å². The number of rotatable bonds is 7. The van der Waals surface area contributed by atoms with Crippen LogP contribution in [0.15, 0.2) is 18.2 Å². The number of nitro groups is 1. The van der Waals surface area contributed by atoms with Crippen molar-refractivity contribution in [2.24, 2.45) is 5.92 Å². The molecule has 0 spiro atoms. The van der Waals surface area contributed by atoms with Crippen LogP contribution in [0.3, 0.4) is 0 Å². The number of nitrogens with zero attached hydrogens (tertiary/aromatic N) is 2. The van der Waals surface area contributed by atoms with Crippen molar-refractivity contribution in [3.8, 4) is 5.75 Å². The number of piperidine rings is 1. The summed E-state index contributed by atoms with van der Waals surface area (Å²) in [6.07, 6.45) is 1.12. The highest BCUT2D eigenvalue weighted by Gasteiger charge is 2.28. The highest BCUT2D eigenvalue weighted by Crippen LogP contribution is 2.31. The number of nitrogens with one attached hydrogen (secondary N) is 1. The number of carbonyl (C=O) groups excluding carboxylic acids is 1. The van der Waals surface area contributed by atoms with E-state index in [-0.39, 0.29) is 22.4 Å². The molecule has 1 saturated heterocycles. The van der Waals surface area contributed by atoms with Gasteiger partial charge in [0.1, 0.15) is 0 Å². The molecule has 1 fully saturated rings. The Morgan fingerprint density at radius 3 is 2.76 bits per heavy atom. The SMILES string of the molecule is CCNCC1CCN(C(=O)C(C)Oc2ccc(Cl)cc2[N+](=O)[O-])CC1. The van der Waals surface area contributed by atoms with E-state index < -0.39 is 11.0 Å². The molecule has 8 heteroatoms. The van der Waals surface area contributed by atoms with Crippen LogP contribution < -0.4 is 10.1 Å². The molecule has 0 saturated carbocycles. The Morgan fingerprint density at radius 2 is 2.16 bits per heavy atom. The van der Waals surface area contributed by atoms with Crippen LogP contribution in [0.25, 0.3) is 0 Å². The Bertz CT molecular complexity index is 618. The minimum absolute atomic E-state index is 0.0530. The van der Waals surface area contributed by atoms with E-state index in [0.717, 1.165) is 25.9 Å². The molecule has 0 radical (unpaired) electrons. The summed E-state index contributed by atoms with van der Waals surface area (Å²) in [5.41, 5.74) is -0.239. The number of hydrogen-bond acceptors (Lipinski definition) is 5. The predicted molar refractivity (Wildman–Crippen MR) is 96.0 cm³/mol. The third kappa shape index (κ3) is 5.31. The van der Waals surface area contributed by atoms with Crippen molar-refractivity contribution >= 4 is 23.2 Å². The molecule has 1 atom stereocenters. The standard InChI is InChI=1S/C17H24ClN3O4/c1-3-19-11-13-6-8-20(9-7-13)17(22)12(2)25-16-5-4-14(18)10-15(16)21(23)24/h4-5,10,12-13,19H,3,6-9,11H2,1-2H3. The second-order valence-electron chi connectivity index (χ2n) is 6.21. The monoisotopic (exact) mass is 369 g/mol. The van der Waals surface area contributed by atoms with E-state index in [1.807, 2.05) is 0 Å². The predicted octanol–water partition coefficient (Wildman–Crippen LogP) is 2.86. The number of ether oxygens (including phenoxy) is 1. The molecule has 1 N–H and O–H groups in total. The lowest BCUT2D eigenvalue weighted by Gasteiger charge is -2.33. The molecule has 1 heterocycles. The van der Waals surface area contributed by atoms with E-state index in [0.29, 0.717) is 19.0 Å². The fourth-order valence-corrected chi connectivity index (χ4v) is 3.10.